The Balaban J connectivity index is 1.67. The molecule has 2 heterocycles. The van der Waals surface area contributed by atoms with Gasteiger partial charge in [0, 0.05) is 42.9 Å². The number of nitriles is 1. The molecule has 0 spiro atoms. The fraction of sp³-hybridized carbons (Fsp3) is 0.421. The molecule has 0 bridgehead atoms. The minimum atomic E-state index is -0.627. The van der Waals surface area contributed by atoms with Gasteiger partial charge in [-0.2, -0.15) is 10.4 Å². The zero-order valence-electron chi connectivity index (χ0n) is 14.6. The minimum absolute atomic E-state index is 0.104. The number of hydrogen-bond donors (Lipinski definition) is 1. The van der Waals surface area contributed by atoms with E-state index < -0.39 is 5.82 Å². The van der Waals surface area contributed by atoms with Gasteiger partial charge in [0.2, 0.25) is 0 Å². The van der Waals surface area contributed by atoms with Gasteiger partial charge in [-0.15, -0.1) is 0 Å². The van der Waals surface area contributed by atoms with E-state index in [9.17, 15) is 9.18 Å². The van der Waals surface area contributed by atoms with Gasteiger partial charge in [-0.1, -0.05) is 0 Å². The monoisotopic (exact) mass is 356 g/mol. The molecule has 1 saturated heterocycles. The lowest BCUT2D eigenvalue weighted by Gasteiger charge is -2.31. The summed E-state index contributed by atoms with van der Waals surface area (Å²) >= 11 is 0. The first-order valence-electron chi connectivity index (χ1n) is 8.74. The highest BCUT2D eigenvalue weighted by molar-refractivity contribution is 5.94. The van der Waals surface area contributed by atoms with Crippen molar-refractivity contribution in [1.82, 2.24) is 15.1 Å². The number of benzene rings is 1. The second-order valence-electron chi connectivity index (χ2n) is 6.34. The van der Waals surface area contributed by atoms with E-state index in [-0.39, 0.29) is 29.1 Å². The maximum Gasteiger partial charge on any atom is 0.251 e. The van der Waals surface area contributed by atoms with E-state index in [0.29, 0.717) is 13.2 Å². The van der Waals surface area contributed by atoms with E-state index in [4.69, 9.17) is 10.00 Å². The van der Waals surface area contributed by atoms with Gasteiger partial charge in [0.15, 0.2) is 0 Å². The Labute approximate surface area is 151 Å². The van der Waals surface area contributed by atoms with Crippen molar-refractivity contribution in [3.8, 4) is 6.07 Å². The molecule has 0 saturated carbocycles. The predicted molar refractivity (Wildman–Crippen MR) is 92.8 cm³/mol. The summed E-state index contributed by atoms with van der Waals surface area (Å²) in [6, 6.07) is 5.54. The summed E-state index contributed by atoms with van der Waals surface area (Å²) in [5, 5.41) is 16.1. The smallest absolute Gasteiger partial charge is 0.251 e. The van der Waals surface area contributed by atoms with Crippen LogP contribution in [0.1, 0.15) is 47.4 Å². The zero-order valence-corrected chi connectivity index (χ0v) is 14.6. The van der Waals surface area contributed by atoms with Gasteiger partial charge in [-0.25, -0.2) is 4.39 Å². The van der Waals surface area contributed by atoms with E-state index >= 15 is 0 Å². The van der Waals surface area contributed by atoms with E-state index in [1.165, 1.54) is 12.1 Å². The number of nitrogens with one attached hydrogen (secondary N) is 1. The highest BCUT2D eigenvalue weighted by atomic mass is 19.1. The van der Waals surface area contributed by atoms with Crippen molar-refractivity contribution < 1.29 is 13.9 Å². The fourth-order valence-electron chi connectivity index (χ4n) is 3.20. The SMILES string of the molecule is CCn1cc([C@@H]2OCCC[C@H]2CNC(=O)c2ccc(F)c(C#N)c2)cn1. The van der Waals surface area contributed by atoms with Crippen molar-refractivity contribution >= 4 is 5.91 Å². The van der Waals surface area contributed by atoms with E-state index in [2.05, 4.69) is 10.4 Å². The Bertz CT molecular complexity index is 827. The van der Waals surface area contributed by atoms with Gasteiger partial charge in [-0.3, -0.25) is 9.48 Å². The molecule has 1 aromatic heterocycles. The third-order valence-electron chi connectivity index (χ3n) is 4.62. The van der Waals surface area contributed by atoms with Crippen molar-refractivity contribution in [1.29, 1.82) is 5.26 Å². The molecular weight excluding hydrogens is 335 g/mol. The zero-order chi connectivity index (χ0) is 18.5. The summed E-state index contributed by atoms with van der Waals surface area (Å²) in [5.41, 5.74) is 1.15. The second-order valence-corrected chi connectivity index (χ2v) is 6.34. The van der Waals surface area contributed by atoms with Gasteiger partial charge in [0.05, 0.1) is 17.9 Å². The standard InChI is InChI=1S/C19H21FN4O2/c1-2-24-12-16(11-23-24)18-14(4-3-7-26-18)10-22-19(25)13-5-6-17(20)15(8-13)9-21/h5-6,8,11-12,14,18H,2-4,7,10H2,1H3,(H,22,25)/t14-,18+/m0/s1. The van der Waals surface area contributed by atoms with Crippen molar-refractivity contribution in [2.75, 3.05) is 13.2 Å². The number of amides is 1. The van der Waals surface area contributed by atoms with E-state index in [0.717, 1.165) is 31.0 Å². The molecule has 0 radical (unpaired) electrons. The van der Waals surface area contributed by atoms with E-state index in [1.807, 2.05) is 24.0 Å². The molecule has 1 N–H and O–H groups in total. The average Bonchev–Trinajstić information content (AvgIpc) is 3.15. The van der Waals surface area contributed by atoms with Gasteiger partial charge in [0.1, 0.15) is 11.9 Å². The Morgan fingerprint density at radius 2 is 2.38 bits per heavy atom. The molecule has 0 aliphatic carbocycles. The van der Waals surface area contributed by atoms with Crippen molar-refractivity contribution in [2.45, 2.75) is 32.4 Å². The number of ether oxygens (including phenoxy) is 1. The number of nitrogens with zero attached hydrogens (tertiary/aromatic N) is 3. The molecular formula is C19H21FN4O2. The molecule has 136 valence electrons. The molecule has 1 aromatic carbocycles. The molecule has 6 nitrogen and oxygen atoms in total. The van der Waals surface area contributed by atoms with Crippen molar-refractivity contribution in [3.05, 3.63) is 53.1 Å². The number of carbonyl (C=O) groups excluding carboxylic acids is 1. The molecule has 1 fully saturated rings. The number of aromatic nitrogens is 2. The van der Waals surface area contributed by atoms with Crippen LogP contribution in [0.5, 0.6) is 0 Å². The van der Waals surface area contributed by atoms with Crippen LogP contribution >= 0.6 is 0 Å². The minimum Gasteiger partial charge on any atom is -0.373 e. The number of aryl methyl sites for hydroxylation is 1. The van der Waals surface area contributed by atoms with Crippen LogP contribution in [0.2, 0.25) is 0 Å². The van der Waals surface area contributed by atoms with Crippen LogP contribution in [0.15, 0.2) is 30.6 Å². The van der Waals surface area contributed by atoms with Crippen LogP contribution in [0.4, 0.5) is 4.39 Å². The molecule has 2 aromatic rings. The summed E-state index contributed by atoms with van der Waals surface area (Å²) in [7, 11) is 0. The van der Waals surface area contributed by atoms with Crippen LogP contribution in [-0.2, 0) is 11.3 Å². The lowest BCUT2D eigenvalue weighted by molar-refractivity contribution is -0.0273. The highest BCUT2D eigenvalue weighted by Gasteiger charge is 2.29. The van der Waals surface area contributed by atoms with Crippen LogP contribution in [-0.4, -0.2) is 28.8 Å². The summed E-state index contributed by atoms with van der Waals surface area (Å²) in [6.07, 6.45) is 5.56. The lowest BCUT2D eigenvalue weighted by atomic mass is 9.90. The van der Waals surface area contributed by atoms with Gasteiger partial charge < -0.3 is 10.1 Å². The number of halogens is 1. The van der Waals surface area contributed by atoms with Crippen LogP contribution in [0, 0.1) is 23.1 Å². The third kappa shape index (κ3) is 3.92. The largest absolute Gasteiger partial charge is 0.373 e. The number of hydrogen-bond acceptors (Lipinski definition) is 4. The normalized spacial score (nSPS) is 19.7. The van der Waals surface area contributed by atoms with Crippen molar-refractivity contribution in [2.24, 2.45) is 5.92 Å². The molecule has 3 rings (SSSR count). The molecule has 1 amide bonds. The summed E-state index contributed by atoms with van der Waals surface area (Å²) in [5.74, 6) is -0.814. The van der Waals surface area contributed by atoms with Crippen molar-refractivity contribution in [3.63, 3.8) is 0 Å². The highest BCUT2D eigenvalue weighted by Crippen LogP contribution is 2.33. The first-order chi connectivity index (χ1) is 12.6. The Hall–Kier alpha value is -2.72. The first kappa shape index (κ1) is 18.1. The predicted octanol–water partition coefficient (Wildman–Crippen LogP) is 2.81. The molecule has 2 atom stereocenters. The Kier molecular flexibility index (Phi) is 5.64. The van der Waals surface area contributed by atoms with Crippen LogP contribution < -0.4 is 5.32 Å². The first-order valence-corrected chi connectivity index (χ1v) is 8.74. The molecule has 26 heavy (non-hydrogen) atoms. The molecule has 7 heteroatoms. The summed E-state index contributed by atoms with van der Waals surface area (Å²) in [4.78, 5) is 12.4. The number of rotatable bonds is 5. The molecule has 1 aliphatic rings. The summed E-state index contributed by atoms with van der Waals surface area (Å²) < 4.78 is 21.2. The lowest BCUT2D eigenvalue weighted by Crippen LogP contribution is -2.35. The Morgan fingerprint density at radius 1 is 1.54 bits per heavy atom. The average molecular weight is 356 g/mol. The maximum atomic E-state index is 13.4. The maximum absolute atomic E-state index is 13.4. The fourth-order valence-corrected chi connectivity index (χ4v) is 3.20. The second kappa shape index (κ2) is 8.11. The summed E-state index contributed by atoms with van der Waals surface area (Å²) in [6.45, 7) is 3.95. The van der Waals surface area contributed by atoms with Gasteiger partial charge >= 0.3 is 0 Å². The van der Waals surface area contributed by atoms with Crippen LogP contribution in [0.3, 0.4) is 0 Å². The molecule has 0 unspecified atom stereocenters. The number of carbonyl (C=O) groups is 1. The van der Waals surface area contributed by atoms with Gasteiger partial charge in [0.25, 0.3) is 5.91 Å². The topological polar surface area (TPSA) is 79.9 Å². The Morgan fingerprint density at radius 3 is 3.12 bits per heavy atom. The van der Waals surface area contributed by atoms with Crippen LogP contribution in [0.25, 0.3) is 0 Å². The quantitative estimate of drug-likeness (QED) is 0.893. The van der Waals surface area contributed by atoms with E-state index in [1.54, 1.807) is 6.07 Å². The molecule has 1 aliphatic heterocycles. The van der Waals surface area contributed by atoms with Gasteiger partial charge in [-0.05, 0) is 38.0 Å². The third-order valence-corrected chi connectivity index (χ3v) is 4.62.